The van der Waals surface area contributed by atoms with E-state index >= 15 is 0 Å². The molecule has 8 amide bonds. The van der Waals surface area contributed by atoms with Crippen LogP contribution in [0.3, 0.4) is 0 Å². The van der Waals surface area contributed by atoms with Gasteiger partial charge in [-0.2, -0.15) is 0 Å². The zero-order chi connectivity index (χ0) is 39.5. The number of carboxylic acid groups (broad SMARTS) is 2. The first-order valence-corrected chi connectivity index (χ1v) is 21.1. The van der Waals surface area contributed by atoms with Gasteiger partial charge < -0.3 is 52.7 Å². The van der Waals surface area contributed by atoms with Crippen LogP contribution in [0, 0.1) is 0 Å². The molecule has 21 nitrogen and oxygen atoms in total. The maximum atomic E-state index is 13.4. The van der Waals surface area contributed by atoms with Crippen molar-refractivity contribution in [3.8, 4) is 0 Å². The van der Waals surface area contributed by atoms with E-state index in [0.29, 0.717) is 0 Å². The highest BCUT2D eigenvalue weighted by molar-refractivity contribution is 8.77. The second kappa shape index (κ2) is 23.7. The molecule has 53 heavy (non-hydrogen) atoms. The molecule has 0 radical (unpaired) electrons. The number of carboxylic acids is 2. The lowest BCUT2D eigenvalue weighted by molar-refractivity contribution is -0.142. The van der Waals surface area contributed by atoms with Gasteiger partial charge >= 0.3 is 11.9 Å². The number of hydrogen-bond donors (Lipinski definition) is 11. The van der Waals surface area contributed by atoms with Crippen LogP contribution >= 0.6 is 43.2 Å². The normalized spacial score (nSPS) is 26.9. The largest absolute Gasteiger partial charge is 0.481 e. The van der Waals surface area contributed by atoms with E-state index in [1.54, 1.807) is 6.92 Å². The molecule has 0 saturated carbocycles. The maximum Gasteiger partial charge on any atom is 0.327 e. The van der Waals surface area contributed by atoms with Crippen LogP contribution in [0.1, 0.15) is 33.1 Å². The van der Waals surface area contributed by atoms with Gasteiger partial charge in [0, 0.05) is 29.4 Å². The zero-order valence-electron chi connectivity index (χ0n) is 28.6. The van der Waals surface area contributed by atoms with Crippen molar-refractivity contribution in [3.63, 3.8) is 0 Å². The molecular formula is C28H43N9O12S4. The number of rotatable bonds is 6. The summed E-state index contributed by atoms with van der Waals surface area (Å²) in [6.45, 7) is 1.81. The first-order valence-electron chi connectivity index (χ1n) is 16.1. The number of nitrogens with one attached hydrogen (secondary N) is 9. The molecule has 11 N–H and O–H groups in total. The van der Waals surface area contributed by atoms with Crippen LogP contribution in [0.2, 0.25) is 0 Å². The van der Waals surface area contributed by atoms with Gasteiger partial charge in [-0.15, -0.1) is 0 Å². The average molecular weight is 826 g/mol. The molecule has 0 aromatic heterocycles. The Labute approximate surface area is 319 Å². The summed E-state index contributed by atoms with van der Waals surface area (Å²) < 4.78 is 0. The molecule has 2 aliphatic heterocycles. The van der Waals surface area contributed by atoms with Gasteiger partial charge in [0.25, 0.3) is 0 Å². The molecule has 0 aromatic carbocycles. The van der Waals surface area contributed by atoms with Crippen LogP contribution in [0.4, 0.5) is 0 Å². The molecule has 2 rings (SSSR count). The predicted octanol–water partition coefficient (Wildman–Crippen LogP) is -4.16. The fourth-order valence-corrected chi connectivity index (χ4v) is 8.90. The van der Waals surface area contributed by atoms with E-state index in [9.17, 15) is 58.2 Å². The van der Waals surface area contributed by atoms with Crippen molar-refractivity contribution in [3.05, 3.63) is 0 Å². The predicted molar refractivity (Wildman–Crippen MR) is 196 cm³/mol. The van der Waals surface area contributed by atoms with Gasteiger partial charge in [-0.05, 0) is 6.42 Å². The fourth-order valence-electron chi connectivity index (χ4n) is 4.22. The lowest BCUT2D eigenvalue weighted by Gasteiger charge is -2.25. The molecule has 0 aliphatic carbocycles. The molecule has 3 unspecified atom stereocenters. The first kappa shape index (κ1) is 45.2. The van der Waals surface area contributed by atoms with Gasteiger partial charge in [0.05, 0.1) is 32.2 Å². The van der Waals surface area contributed by atoms with Gasteiger partial charge in [-0.25, -0.2) is 4.79 Å². The Hall–Kier alpha value is -3.94. The van der Waals surface area contributed by atoms with Crippen LogP contribution < -0.4 is 47.9 Å². The third-order valence-electron chi connectivity index (χ3n) is 7.20. The van der Waals surface area contributed by atoms with Crippen LogP contribution in [-0.2, 0) is 47.9 Å². The monoisotopic (exact) mass is 825 g/mol. The summed E-state index contributed by atoms with van der Waals surface area (Å²) in [6.07, 6.45) is -0.878. The second-order valence-electron chi connectivity index (χ2n) is 11.2. The average Bonchev–Trinajstić information content (AvgIpc) is 3.11. The van der Waals surface area contributed by atoms with E-state index < -0.39 is 115 Å². The summed E-state index contributed by atoms with van der Waals surface area (Å²) in [5, 5.41) is 41.4. The van der Waals surface area contributed by atoms with Crippen molar-refractivity contribution >= 4 is 102 Å². The Kier molecular flexibility index (Phi) is 20.2. The standard InChI is InChI=1S/C28H43N9O12S4/c1-3-13-24(44)37-18(28(48)49)11-53-52-10-17(33-19(38)4-2)27(47)35-14(5-22(41)42)25(45)36-16-9-51-50-8-15(26(46)34-13)31-12-32-21(40)6-29-20(39)7-30-23(16)43/h13-18,31H,3-12H2,1-2H3,(H,29,39)(H,30,43)(H,32,40)(H,33,38)(H,34,46)(H,35,47)(H,36,45)(H,37,44)(H,41,42)(H,48,49)/t13-,14-,15?,16?,17-,18?/m0/s1. The van der Waals surface area contributed by atoms with Crippen LogP contribution in [0.25, 0.3) is 0 Å². The minimum atomic E-state index is -1.74. The van der Waals surface area contributed by atoms with E-state index in [1.165, 1.54) is 6.92 Å². The number of fused-ring (bicyclic) bond motifs is 5. The van der Waals surface area contributed by atoms with Crippen molar-refractivity contribution in [2.24, 2.45) is 0 Å². The zero-order valence-corrected chi connectivity index (χ0v) is 31.9. The third-order valence-corrected chi connectivity index (χ3v) is 12.0. The summed E-state index contributed by atoms with van der Waals surface area (Å²) in [5.74, 6) is -9.76. The third kappa shape index (κ3) is 16.7. The smallest absolute Gasteiger partial charge is 0.327 e. The molecule has 6 atom stereocenters. The van der Waals surface area contributed by atoms with Crippen molar-refractivity contribution in [2.45, 2.75) is 69.4 Å². The van der Waals surface area contributed by atoms with Gasteiger partial charge in [0.15, 0.2) is 0 Å². The molecule has 2 bridgehead atoms. The summed E-state index contributed by atoms with van der Waals surface area (Å²) in [7, 11) is 3.96. The van der Waals surface area contributed by atoms with Crippen molar-refractivity contribution in [1.29, 1.82) is 0 Å². The highest BCUT2D eigenvalue weighted by atomic mass is 33.1. The Morgan fingerprint density at radius 1 is 0.660 bits per heavy atom. The van der Waals surface area contributed by atoms with Gasteiger partial charge in [0.1, 0.15) is 30.2 Å². The molecule has 2 heterocycles. The number of hydrogen-bond acceptors (Lipinski definition) is 15. The van der Waals surface area contributed by atoms with E-state index in [0.717, 1.165) is 43.2 Å². The van der Waals surface area contributed by atoms with Crippen LogP contribution in [0.5, 0.6) is 0 Å². The van der Waals surface area contributed by atoms with E-state index in [4.69, 9.17) is 0 Å². The van der Waals surface area contributed by atoms with Crippen LogP contribution in [0.15, 0.2) is 0 Å². The lowest BCUT2D eigenvalue weighted by Crippen LogP contribution is -2.58. The topological polar surface area (TPSA) is 319 Å². The van der Waals surface area contributed by atoms with E-state index in [-0.39, 0.29) is 42.5 Å². The molecule has 0 spiro atoms. The minimum Gasteiger partial charge on any atom is -0.481 e. The van der Waals surface area contributed by atoms with Gasteiger partial charge in [-0.1, -0.05) is 57.0 Å². The Balaban J connectivity index is 2.51. The molecule has 2 fully saturated rings. The summed E-state index contributed by atoms with van der Waals surface area (Å²) in [4.78, 5) is 127. The minimum absolute atomic E-state index is 0.0162. The highest BCUT2D eigenvalue weighted by Gasteiger charge is 2.33. The Morgan fingerprint density at radius 2 is 1.25 bits per heavy atom. The lowest BCUT2D eigenvalue weighted by atomic mass is 10.1. The number of amides is 8. The van der Waals surface area contributed by atoms with E-state index in [1.807, 2.05) is 0 Å². The van der Waals surface area contributed by atoms with Crippen molar-refractivity contribution in [2.75, 3.05) is 42.8 Å². The first-order chi connectivity index (χ1) is 25.1. The number of carbonyl (C=O) groups excluding carboxylic acids is 8. The van der Waals surface area contributed by atoms with Gasteiger partial charge in [0.2, 0.25) is 47.3 Å². The molecule has 2 aliphatic rings. The van der Waals surface area contributed by atoms with Crippen molar-refractivity contribution < 1.29 is 58.2 Å². The second-order valence-corrected chi connectivity index (χ2v) is 16.3. The van der Waals surface area contributed by atoms with Crippen molar-refractivity contribution in [1.82, 2.24) is 47.9 Å². The molecular weight excluding hydrogens is 783 g/mol. The quantitative estimate of drug-likeness (QED) is 0.113. The fraction of sp³-hybridized carbons (Fsp3) is 0.643. The SMILES string of the molecule is CCC(=O)N[C@H]1CSSCC(C(=O)O)NC(=O)[C@H](CC)NC(=O)C2CSSCC(NC(=O)[C@H](CC(=O)O)NC1=O)C(=O)NCC(=O)NCC(=O)NCN2. The van der Waals surface area contributed by atoms with Crippen LogP contribution in [-0.4, -0.2) is 148 Å². The Bertz CT molecular complexity index is 1390. The summed E-state index contributed by atoms with van der Waals surface area (Å²) in [5.41, 5.74) is 0. The number of carbonyl (C=O) groups is 10. The summed E-state index contributed by atoms with van der Waals surface area (Å²) >= 11 is 0. The molecule has 2 saturated heterocycles. The number of aliphatic carboxylic acids is 2. The molecule has 25 heteroatoms. The Morgan fingerprint density at radius 3 is 1.89 bits per heavy atom. The maximum absolute atomic E-state index is 13.4. The summed E-state index contributed by atoms with van der Waals surface area (Å²) in [6, 6.07) is -8.11. The molecule has 296 valence electrons. The van der Waals surface area contributed by atoms with Gasteiger partial charge in [-0.3, -0.25) is 48.5 Å². The highest BCUT2D eigenvalue weighted by Crippen LogP contribution is 2.25. The van der Waals surface area contributed by atoms with E-state index in [2.05, 4.69) is 47.9 Å². The molecule has 0 aromatic rings.